The monoisotopic (exact) mass is 393 g/mol. The number of carbonyl (C=O) groups excluding carboxylic acids is 2. The van der Waals surface area contributed by atoms with Crippen molar-refractivity contribution in [3.05, 3.63) is 63.6 Å². The lowest BCUT2D eigenvalue weighted by molar-refractivity contribution is 0.00695. The molecule has 0 aliphatic heterocycles. The summed E-state index contributed by atoms with van der Waals surface area (Å²) >= 11 is 3.14. The number of ether oxygens (including phenoxy) is 1. The molecule has 0 atom stereocenters. The first-order valence-electron chi connectivity index (χ1n) is 7.32. The van der Waals surface area contributed by atoms with Crippen LogP contribution in [0.25, 0.3) is 0 Å². The Morgan fingerprint density at radius 3 is 2.38 bits per heavy atom. The molecule has 0 aliphatic rings. The Kier molecular flexibility index (Phi) is 5.49. The second-order valence-corrected chi connectivity index (χ2v) is 7.14. The molecule has 0 radical (unpaired) electrons. The maximum absolute atomic E-state index is 13.0. The van der Waals surface area contributed by atoms with E-state index in [0.29, 0.717) is 10.0 Å². The number of nitrogens with zero attached hydrogens (tertiary/aromatic N) is 1. The molecule has 2 aromatic rings. The standard InChI is InChI=1S/C18H17BrFNO3/c1-18(2,3)24-17(23)12-6-4-11(5-7-12)8-15(22)16-14(19)9-13(20)10-21-16/h4-7,9-10H,8H2,1-3H3. The molecule has 0 saturated carbocycles. The van der Waals surface area contributed by atoms with E-state index in [1.165, 1.54) is 6.07 Å². The van der Waals surface area contributed by atoms with Crippen LogP contribution in [-0.4, -0.2) is 22.3 Å². The summed E-state index contributed by atoms with van der Waals surface area (Å²) in [5.41, 5.74) is 0.756. The van der Waals surface area contributed by atoms with Crippen molar-refractivity contribution < 1.29 is 18.7 Å². The highest BCUT2D eigenvalue weighted by Gasteiger charge is 2.18. The molecule has 1 aromatic heterocycles. The molecule has 6 heteroatoms. The fourth-order valence-electron chi connectivity index (χ4n) is 1.98. The molecular formula is C18H17BrFNO3. The average molecular weight is 394 g/mol. The van der Waals surface area contributed by atoms with Crippen LogP contribution >= 0.6 is 15.9 Å². The van der Waals surface area contributed by atoms with Gasteiger partial charge in [0.15, 0.2) is 5.78 Å². The van der Waals surface area contributed by atoms with E-state index in [4.69, 9.17) is 4.74 Å². The summed E-state index contributed by atoms with van der Waals surface area (Å²) in [6.45, 7) is 5.39. The number of carbonyl (C=O) groups is 2. The smallest absolute Gasteiger partial charge is 0.338 e. The zero-order chi connectivity index (χ0) is 17.9. The fraction of sp³-hybridized carbons (Fsp3) is 0.278. The molecule has 126 valence electrons. The molecule has 0 amide bonds. The molecule has 0 N–H and O–H groups in total. The van der Waals surface area contributed by atoms with Gasteiger partial charge in [-0.1, -0.05) is 12.1 Å². The highest BCUT2D eigenvalue weighted by molar-refractivity contribution is 9.10. The lowest BCUT2D eigenvalue weighted by Crippen LogP contribution is -2.23. The number of aromatic nitrogens is 1. The van der Waals surface area contributed by atoms with Gasteiger partial charge < -0.3 is 4.74 Å². The van der Waals surface area contributed by atoms with E-state index in [9.17, 15) is 14.0 Å². The van der Waals surface area contributed by atoms with Gasteiger partial charge in [0, 0.05) is 10.9 Å². The number of esters is 1. The second kappa shape index (κ2) is 7.21. The van der Waals surface area contributed by atoms with Crippen LogP contribution in [0.4, 0.5) is 4.39 Å². The average Bonchev–Trinajstić information content (AvgIpc) is 2.45. The maximum atomic E-state index is 13.0. The number of hydrogen-bond donors (Lipinski definition) is 0. The molecule has 4 nitrogen and oxygen atoms in total. The van der Waals surface area contributed by atoms with Gasteiger partial charge in [0.1, 0.15) is 17.1 Å². The summed E-state index contributed by atoms with van der Waals surface area (Å²) in [5.74, 6) is -1.17. The number of Topliss-reactive ketones (excluding diaryl/α,β-unsaturated/α-hetero) is 1. The quantitative estimate of drug-likeness (QED) is 0.571. The van der Waals surface area contributed by atoms with Crippen molar-refractivity contribution in [1.29, 1.82) is 0 Å². The third-order valence-corrected chi connectivity index (χ3v) is 3.63. The predicted molar refractivity (Wildman–Crippen MR) is 91.5 cm³/mol. The van der Waals surface area contributed by atoms with E-state index in [1.807, 2.05) is 0 Å². The van der Waals surface area contributed by atoms with Crippen LogP contribution < -0.4 is 0 Å². The Bertz CT molecular complexity index is 767. The van der Waals surface area contributed by atoms with Crippen LogP contribution in [-0.2, 0) is 11.2 Å². The first-order chi connectivity index (χ1) is 11.2. The Morgan fingerprint density at radius 2 is 1.83 bits per heavy atom. The summed E-state index contributed by atoms with van der Waals surface area (Å²) in [6.07, 6.45) is 1.11. The molecule has 1 aromatic carbocycles. The largest absolute Gasteiger partial charge is 0.456 e. The minimum atomic E-state index is -0.563. The minimum absolute atomic E-state index is 0.103. The van der Waals surface area contributed by atoms with Gasteiger partial charge >= 0.3 is 5.97 Å². The Labute approximate surface area is 148 Å². The number of pyridine rings is 1. The van der Waals surface area contributed by atoms with E-state index >= 15 is 0 Å². The molecule has 0 saturated heterocycles. The highest BCUT2D eigenvalue weighted by atomic mass is 79.9. The molecule has 0 spiro atoms. The van der Waals surface area contributed by atoms with Crippen LogP contribution in [0.3, 0.4) is 0 Å². The zero-order valence-electron chi connectivity index (χ0n) is 13.6. The van der Waals surface area contributed by atoms with Gasteiger partial charge in [-0.25, -0.2) is 14.2 Å². The predicted octanol–water partition coefficient (Wildman–Crippen LogP) is 4.36. The van der Waals surface area contributed by atoms with Crippen molar-refractivity contribution in [3.63, 3.8) is 0 Å². The SMILES string of the molecule is CC(C)(C)OC(=O)c1ccc(CC(=O)c2ncc(F)cc2Br)cc1. The fourth-order valence-corrected chi connectivity index (χ4v) is 2.53. The Hall–Kier alpha value is -2.08. The zero-order valence-corrected chi connectivity index (χ0v) is 15.2. The molecule has 1 heterocycles. The van der Waals surface area contributed by atoms with Crippen molar-refractivity contribution in [2.75, 3.05) is 0 Å². The van der Waals surface area contributed by atoms with Gasteiger partial charge in [0.05, 0.1) is 11.8 Å². The molecule has 2 rings (SSSR count). The lowest BCUT2D eigenvalue weighted by Gasteiger charge is -2.19. The molecule has 24 heavy (non-hydrogen) atoms. The van der Waals surface area contributed by atoms with Crippen molar-refractivity contribution in [2.24, 2.45) is 0 Å². The van der Waals surface area contributed by atoms with Gasteiger partial charge in [0.2, 0.25) is 0 Å². The van der Waals surface area contributed by atoms with Gasteiger partial charge in [-0.2, -0.15) is 0 Å². The lowest BCUT2D eigenvalue weighted by atomic mass is 10.0. The van der Waals surface area contributed by atoms with Crippen LogP contribution in [0.1, 0.15) is 47.2 Å². The van der Waals surface area contributed by atoms with E-state index in [-0.39, 0.29) is 17.9 Å². The summed E-state index contributed by atoms with van der Waals surface area (Å²) < 4.78 is 18.6. The first kappa shape index (κ1) is 18.3. The third-order valence-electron chi connectivity index (χ3n) is 3.03. The van der Waals surface area contributed by atoms with Crippen molar-refractivity contribution in [2.45, 2.75) is 32.8 Å². The molecule has 0 unspecified atom stereocenters. The van der Waals surface area contributed by atoms with Gasteiger partial charge in [-0.15, -0.1) is 0 Å². The van der Waals surface area contributed by atoms with Crippen LogP contribution in [0.5, 0.6) is 0 Å². The van der Waals surface area contributed by atoms with Gasteiger partial charge in [-0.05, 0) is 60.5 Å². The van der Waals surface area contributed by atoms with Crippen LogP contribution in [0, 0.1) is 5.82 Å². The topological polar surface area (TPSA) is 56.3 Å². The number of rotatable bonds is 4. The number of ketones is 1. The van der Waals surface area contributed by atoms with E-state index in [0.717, 1.165) is 11.8 Å². The van der Waals surface area contributed by atoms with Crippen molar-refractivity contribution >= 4 is 27.7 Å². The summed E-state index contributed by atoms with van der Waals surface area (Å²) in [5, 5.41) is 0. The van der Waals surface area contributed by atoms with Crippen LogP contribution in [0.15, 0.2) is 41.0 Å². The molecule has 0 aliphatic carbocycles. The van der Waals surface area contributed by atoms with Gasteiger partial charge in [-0.3, -0.25) is 4.79 Å². The summed E-state index contributed by atoms with van der Waals surface area (Å²) in [7, 11) is 0. The first-order valence-corrected chi connectivity index (χ1v) is 8.11. The second-order valence-electron chi connectivity index (χ2n) is 6.28. The van der Waals surface area contributed by atoms with E-state index < -0.39 is 17.4 Å². The number of hydrogen-bond acceptors (Lipinski definition) is 4. The molecular weight excluding hydrogens is 377 g/mol. The summed E-state index contributed by atoms with van der Waals surface area (Å²) in [4.78, 5) is 28.0. The van der Waals surface area contributed by atoms with E-state index in [1.54, 1.807) is 45.0 Å². The maximum Gasteiger partial charge on any atom is 0.338 e. The molecule has 0 fully saturated rings. The van der Waals surface area contributed by atoms with Gasteiger partial charge in [0.25, 0.3) is 0 Å². The normalized spacial score (nSPS) is 11.2. The highest BCUT2D eigenvalue weighted by Crippen LogP contribution is 2.18. The number of benzene rings is 1. The van der Waals surface area contributed by atoms with Crippen molar-refractivity contribution in [1.82, 2.24) is 4.98 Å². The third kappa shape index (κ3) is 4.96. The Balaban J connectivity index is 2.08. The number of halogens is 2. The molecule has 0 bridgehead atoms. The minimum Gasteiger partial charge on any atom is -0.456 e. The Morgan fingerprint density at radius 1 is 1.21 bits per heavy atom. The summed E-state index contributed by atoms with van der Waals surface area (Å²) in [6, 6.07) is 7.81. The van der Waals surface area contributed by atoms with Crippen molar-refractivity contribution in [3.8, 4) is 0 Å². The van der Waals surface area contributed by atoms with Crippen LogP contribution in [0.2, 0.25) is 0 Å². The van der Waals surface area contributed by atoms with E-state index in [2.05, 4.69) is 20.9 Å².